The molecule has 0 bridgehead atoms. The SMILES string of the molecule is CCc1oc(C(=O)NCc2cc3ccc(F)cc3[nH]c2=O)cc1CN1CCCC1. The van der Waals surface area contributed by atoms with E-state index in [9.17, 15) is 14.0 Å². The third-order valence-electron chi connectivity index (χ3n) is 5.36. The fraction of sp³-hybridized carbons (Fsp3) is 0.364. The summed E-state index contributed by atoms with van der Waals surface area (Å²) in [6.07, 6.45) is 3.14. The smallest absolute Gasteiger partial charge is 0.287 e. The molecule has 6 nitrogen and oxygen atoms in total. The van der Waals surface area contributed by atoms with Gasteiger partial charge in [0.15, 0.2) is 5.76 Å². The molecule has 0 saturated carbocycles. The lowest BCUT2D eigenvalue weighted by Gasteiger charge is -2.13. The van der Waals surface area contributed by atoms with Crippen LogP contribution in [0.1, 0.15) is 47.2 Å². The van der Waals surface area contributed by atoms with E-state index in [0.717, 1.165) is 37.4 Å². The minimum absolute atomic E-state index is 0.0606. The number of carbonyl (C=O) groups is 1. The van der Waals surface area contributed by atoms with E-state index >= 15 is 0 Å². The number of hydrogen-bond acceptors (Lipinski definition) is 4. The first kappa shape index (κ1) is 19.4. The Kier molecular flexibility index (Phi) is 5.49. The van der Waals surface area contributed by atoms with E-state index in [1.54, 1.807) is 18.2 Å². The Morgan fingerprint density at radius 2 is 2.00 bits per heavy atom. The zero-order valence-corrected chi connectivity index (χ0v) is 16.4. The van der Waals surface area contributed by atoms with Crippen LogP contribution in [0, 0.1) is 5.82 Å². The van der Waals surface area contributed by atoms with Gasteiger partial charge in [0.25, 0.3) is 11.5 Å². The molecule has 2 aromatic heterocycles. The second-order valence-corrected chi connectivity index (χ2v) is 7.43. The lowest BCUT2D eigenvalue weighted by Crippen LogP contribution is -2.26. The maximum Gasteiger partial charge on any atom is 0.287 e. The molecular formula is C22H24FN3O3. The molecule has 1 fully saturated rings. The molecule has 152 valence electrons. The van der Waals surface area contributed by atoms with E-state index < -0.39 is 5.82 Å². The van der Waals surface area contributed by atoms with Gasteiger partial charge in [-0.25, -0.2) is 4.39 Å². The van der Waals surface area contributed by atoms with Crippen molar-refractivity contribution in [3.63, 3.8) is 0 Å². The van der Waals surface area contributed by atoms with Crippen LogP contribution < -0.4 is 10.9 Å². The van der Waals surface area contributed by atoms with Gasteiger partial charge in [-0.2, -0.15) is 0 Å². The lowest BCUT2D eigenvalue weighted by atomic mass is 10.1. The molecular weight excluding hydrogens is 373 g/mol. The highest BCUT2D eigenvalue weighted by Gasteiger charge is 2.19. The molecule has 2 N–H and O–H groups in total. The third-order valence-corrected chi connectivity index (χ3v) is 5.36. The number of furan rings is 1. The number of nitrogens with one attached hydrogen (secondary N) is 2. The van der Waals surface area contributed by atoms with Crippen LogP contribution in [-0.2, 0) is 19.5 Å². The lowest BCUT2D eigenvalue weighted by molar-refractivity contribution is 0.0921. The molecule has 0 spiro atoms. The number of likely N-dealkylation sites (tertiary alicyclic amines) is 1. The number of aromatic nitrogens is 1. The van der Waals surface area contributed by atoms with Crippen LogP contribution in [0.5, 0.6) is 0 Å². The fourth-order valence-corrected chi connectivity index (χ4v) is 3.81. The molecule has 3 heterocycles. The molecule has 0 radical (unpaired) electrons. The first-order valence-corrected chi connectivity index (χ1v) is 9.97. The van der Waals surface area contributed by atoms with Gasteiger partial charge < -0.3 is 14.7 Å². The zero-order chi connectivity index (χ0) is 20.4. The number of amides is 1. The summed E-state index contributed by atoms with van der Waals surface area (Å²) >= 11 is 0. The number of fused-ring (bicyclic) bond motifs is 1. The Morgan fingerprint density at radius 3 is 2.76 bits per heavy atom. The van der Waals surface area contributed by atoms with Crippen LogP contribution in [0.2, 0.25) is 0 Å². The summed E-state index contributed by atoms with van der Waals surface area (Å²) < 4.78 is 19.1. The Bertz CT molecular complexity index is 1100. The Balaban J connectivity index is 1.47. The second kappa shape index (κ2) is 8.21. The average molecular weight is 397 g/mol. The van der Waals surface area contributed by atoms with Crippen molar-refractivity contribution in [2.75, 3.05) is 13.1 Å². The molecule has 0 atom stereocenters. The molecule has 3 aromatic rings. The number of H-pyrrole nitrogens is 1. The van der Waals surface area contributed by atoms with Crippen molar-refractivity contribution in [1.82, 2.24) is 15.2 Å². The predicted molar refractivity (Wildman–Crippen MR) is 108 cm³/mol. The van der Waals surface area contributed by atoms with E-state index in [1.165, 1.54) is 25.0 Å². The molecule has 1 aliphatic heterocycles. The fourth-order valence-electron chi connectivity index (χ4n) is 3.81. The summed E-state index contributed by atoms with van der Waals surface area (Å²) in [5, 5.41) is 3.45. The largest absolute Gasteiger partial charge is 0.456 e. The quantitative estimate of drug-likeness (QED) is 0.669. The van der Waals surface area contributed by atoms with Gasteiger partial charge in [0, 0.05) is 30.6 Å². The van der Waals surface area contributed by atoms with Crippen molar-refractivity contribution in [1.29, 1.82) is 0 Å². The van der Waals surface area contributed by atoms with Crippen LogP contribution in [0.3, 0.4) is 0 Å². The number of aromatic amines is 1. The number of hydrogen-bond donors (Lipinski definition) is 2. The van der Waals surface area contributed by atoms with E-state index in [4.69, 9.17) is 4.42 Å². The van der Waals surface area contributed by atoms with Crippen LogP contribution in [0.25, 0.3) is 10.9 Å². The molecule has 1 amide bonds. The van der Waals surface area contributed by atoms with Crippen molar-refractivity contribution in [3.8, 4) is 0 Å². The molecule has 1 aliphatic rings. The molecule has 7 heteroatoms. The monoisotopic (exact) mass is 397 g/mol. The first-order valence-electron chi connectivity index (χ1n) is 9.97. The van der Waals surface area contributed by atoms with Crippen LogP contribution in [-0.4, -0.2) is 28.9 Å². The number of nitrogens with zero attached hydrogens (tertiary/aromatic N) is 1. The van der Waals surface area contributed by atoms with Gasteiger partial charge in [0.2, 0.25) is 0 Å². The molecule has 4 rings (SSSR count). The highest BCUT2D eigenvalue weighted by molar-refractivity contribution is 5.91. The summed E-state index contributed by atoms with van der Waals surface area (Å²) in [4.78, 5) is 29.8. The minimum atomic E-state index is -0.413. The van der Waals surface area contributed by atoms with Gasteiger partial charge in [0.1, 0.15) is 11.6 Å². The topological polar surface area (TPSA) is 78.3 Å². The summed E-state index contributed by atoms with van der Waals surface area (Å²) in [5.74, 6) is 0.317. The predicted octanol–water partition coefficient (Wildman–Crippen LogP) is 3.35. The van der Waals surface area contributed by atoms with Gasteiger partial charge in [0.05, 0.1) is 5.52 Å². The third kappa shape index (κ3) is 4.24. The van der Waals surface area contributed by atoms with Crippen molar-refractivity contribution in [2.45, 2.75) is 39.3 Å². The second-order valence-electron chi connectivity index (χ2n) is 7.43. The minimum Gasteiger partial charge on any atom is -0.456 e. The van der Waals surface area contributed by atoms with Crippen LogP contribution >= 0.6 is 0 Å². The van der Waals surface area contributed by atoms with Crippen molar-refractivity contribution >= 4 is 16.8 Å². The van der Waals surface area contributed by atoms with Gasteiger partial charge in [-0.3, -0.25) is 14.5 Å². The molecule has 1 aromatic carbocycles. The Morgan fingerprint density at radius 1 is 1.21 bits per heavy atom. The number of aryl methyl sites for hydroxylation is 1. The van der Waals surface area contributed by atoms with Crippen molar-refractivity contribution in [3.05, 3.63) is 69.2 Å². The first-order chi connectivity index (χ1) is 14.0. The van der Waals surface area contributed by atoms with Crippen LogP contribution in [0.15, 0.2) is 39.5 Å². The summed E-state index contributed by atoms with van der Waals surface area (Å²) in [5.41, 5.74) is 1.52. The summed E-state index contributed by atoms with van der Waals surface area (Å²) in [7, 11) is 0. The molecule has 0 aliphatic carbocycles. The Hall–Kier alpha value is -2.93. The van der Waals surface area contributed by atoms with E-state index in [0.29, 0.717) is 16.5 Å². The van der Waals surface area contributed by atoms with Gasteiger partial charge in [-0.1, -0.05) is 6.92 Å². The molecule has 0 unspecified atom stereocenters. The van der Waals surface area contributed by atoms with Gasteiger partial charge in [-0.15, -0.1) is 0 Å². The Labute approximate surface area is 167 Å². The highest BCUT2D eigenvalue weighted by atomic mass is 19.1. The highest BCUT2D eigenvalue weighted by Crippen LogP contribution is 2.21. The van der Waals surface area contributed by atoms with Gasteiger partial charge in [-0.05, 0) is 61.6 Å². The number of halogens is 1. The van der Waals surface area contributed by atoms with Crippen molar-refractivity contribution in [2.24, 2.45) is 0 Å². The zero-order valence-electron chi connectivity index (χ0n) is 16.4. The number of rotatable bonds is 6. The number of pyridine rings is 1. The van der Waals surface area contributed by atoms with E-state index in [1.807, 2.05) is 6.92 Å². The maximum absolute atomic E-state index is 13.3. The van der Waals surface area contributed by atoms with Gasteiger partial charge >= 0.3 is 0 Å². The summed E-state index contributed by atoms with van der Waals surface area (Å²) in [6, 6.07) is 7.67. The van der Waals surface area contributed by atoms with Crippen molar-refractivity contribution < 1.29 is 13.6 Å². The van der Waals surface area contributed by atoms with E-state index in [-0.39, 0.29) is 23.8 Å². The number of benzene rings is 1. The average Bonchev–Trinajstić information content (AvgIpc) is 3.36. The standard InChI is InChI=1S/C22H24FN3O3/c1-2-19-16(13-26-7-3-4-8-26)10-20(29-19)22(28)24-12-15-9-14-5-6-17(23)11-18(14)25-21(15)27/h5-6,9-11H,2-4,7-8,12-13H2,1H3,(H,24,28)(H,25,27). The molecule has 1 saturated heterocycles. The summed E-state index contributed by atoms with van der Waals surface area (Å²) in [6.45, 7) is 5.01. The number of carbonyl (C=O) groups excluding carboxylic acids is 1. The normalized spacial score (nSPS) is 14.6. The van der Waals surface area contributed by atoms with E-state index in [2.05, 4.69) is 15.2 Å². The molecule has 29 heavy (non-hydrogen) atoms. The maximum atomic E-state index is 13.3. The van der Waals surface area contributed by atoms with Crippen LogP contribution in [0.4, 0.5) is 4.39 Å².